The summed E-state index contributed by atoms with van der Waals surface area (Å²) in [4.78, 5) is 31.2. The molecule has 0 radical (unpaired) electrons. The van der Waals surface area contributed by atoms with Gasteiger partial charge in [0.15, 0.2) is 0 Å². The Balaban J connectivity index is 1.92. The number of aromatic nitrogens is 1. The smallest absolute Gasteiger partial charge is 0.300 e. The van der Waals surface area contributed by atoms with Gasteiger partial charge < -0.3 is 9.84 Å². The van der Waals surface area contributed by atoms with Gasteiger partial charge in [-0.1, -0.05) is 17.7 Å². The number of amides is 1. The molecule has 0 saturated carbocycles. The summed E-state index contributed by atoms with van der Waals surface area (Å²) in [7, 11) is 1.51. The predicted octanol–water partition coefficient (Wildman–Crippen LogP) is 4.51. The molecule has 3 aromatic rings. The molecule has 4 rings (SSSR count). The Morgan fingerprint density at radius 1 is 1.16 bits per heavy atom. The van der Waals surface area contributed by atoms with Crippen molar-refractivity contribution in [1.29, 1.82) is 0 Å². The Bertz CT molecular complexity index is 1200. The number of methoxy groups -OCH3 is 1. The van der Waals surface area contributed by atoms with E-state index in [0.717, 1.165) is 6.07 Å². The number of halogens is 2. The Hall–Kier alpha value is -3.71. The van der Waals surface area contributed by atoms with Crippen LogP contribution in [0.2, 0.25) is 5.02 Å². The van der Waals surface area contributed by atoms with Gasteiger partial charge in [-0.15, -0.1) is 0 Å². The van der Waals surface area contributed by atoms with Crippen molar-refractivity contribution in [3.05, 3.63) is 94.5 Å². The second kappa shape index (κ2) is 8.20. The van der Waals surface area contributed by atoms with Crippen LogP contribution in [-0.4, -0.2) is 28.9 Å². The molecule has 1 aliphatic heterocycles. The molecule has 2 heterocycles. The molecule has 31 heavy (non-hydrogen) atoms. The fourth-order valence-electron chi connectivity index (χ4n) is 3.49. The van der Waals surface area contributed by atoms with E-state index in [0.29, 0.717) is 16.9 Å². The van der Waals surface area contributed by atoms with Crippen LogP contribution in [0.5, 0.6) is 5.75 Å². The van der Waals surface area contributed by atoms with Crippen molar-refractivity contribution in [2.24, 2.45) is 0 Å². The standard InChI is InChI=1S/C23H16ClFN2O4/c1-31-16-7-4-13(5-8-16)21(28)19-20(14-3-2-10-26-12-14)27(23(30)22(19)29)15-6-9-18(25)17(24)11-15/h2-12,20,28H,1H3/b21-19+. The molecule has 1 unspecified atom stereocenters. The maximum atomic E-state index is 13.7. The number of benzene rings is 2. The monoisotopic (exact) mass is 438 g/mol. The molecule has 1 saturated heterocycles. The van der Waals surface area contributed by atoms with Gasteiger partial charge in [0.2, 0.25) is 0 Å². The van der Waals surface area contributed by atoms with Crippen LogP contribution in [0, 0.1) is 5.82 Å². The summed E-state index contributed by atoms with van der Waals surface area (Å²) in [6.07, 6.45) is 3.05. The fourth-order valence-corrected chi connectivity index (χ4v) is 3.67. The van der Waals surface area contributed by atoms with Crippen LogP contribution >= 0.6 is 11.6 Å². The summed E-state index contributed by atoms with van der Waals surface area (Å²) >= 11 is 5.91. The number of aliphatic hydroxyl groups excluding tert-OH is 1. The number of ketones is 1. The number of ether oxygens (including phenoxy) is 1. The van der Waals surface area contributed by atoms with Gasteiger partial charge in [-0.05, 0) is 54.1 Å². The number of nitrogens with zero attached hydrogens (tertiary/aromatic N) is 2. The van der Waals surface area contributed by atoms with E-state index in [1.807, 2.05) is 0 Å². The van der Waals surface area contributed by atoms with Gasteiger partial charge in [0.25, 0.3) is 11.7 Å². The number of carbonyl (C=O) groups excluding carboxylic acids is 2. The van der Waals surface area contributed by atoms with Crippen molar-refractivity contribution in [3.8, 4) is 5.75 Å². The first-order valence-electron chi connectivity index (χ1n) is 9.22. The summed E-state index contributed by atoms with van der Waals surface area (Å²) in [5.41, 5.74) is 0.946. The number of anilines is 1. The van der Waals surface area contributed by atoms with Gasteiger partial charge in [-0.3, -0.25) is 19.5 Å². The van der Waals surface area contributed by atoms with Crippen molar-refractivity contribution in [3.63, 3.8) is 0 Å². The van der Waals surface area contributed by atoms with E-state index in [1.54, 1.807) is 42.6 Å². The van der Waals surface area contributed by atoms with Crippen molar-refractivity contribution < 1.29 is 23.8 Å². The number of pyridine rings is 1. The zero-order valence-electron chi connectivity index (χ0n) is 16.3. The van der Waals surface area contributed by atoms with E-state index in [-0.39, 0.29) is 22.0 Å². The van der Waals surface area contributed by atoms with Crippen LogP contribution in [-0.2, 0) is 9.59 Å². The van der Waals surface area contributed by atoms with Crippen LogP contribution in [0.1, 0.15) is 17.2 Å². The van der Waals surface area contributed by atoms with Gasteiger partial charge >= 0.3 is 0 Å². The quantitative estimate of drug-likeness (QED) is 0.368. The molecule has 2 aromatic carbocycles. The van der Waals surface area contributed by atoms with Crippen molar-refractivity contribution >= 4 is 34.7 Å². The summed E-state index contributed by atoms with van der Waals surface area (Å²) in [5, 5.41) is 10.8. The second-order valence-corrected chi connectivity index (χ2v) is 7.19. The van der Waals surface area contributed by atoms with Crippen molar-refractivity contribution in [1.82, 2.24) is 4.98 Å². The molecule has 1 fully saturated rings. The molecular weight excluding hydrogens is 423 g/mol. The number of Topliss-reactive ketones (excluding diaryl/α,β-unsaturated/α-hetero) is 1. The lowest BCUT2D eigenvalue weighted by Crippen LogP contribution is -2.29. The molecule has 8 heteroatoms. The minimum atomic E-state index is -0.975. The van der Waals surface area contributed by atoms with E-state index in [4.69, 9.17) is 16.3 Å². The zero-order valence-corrected chi connectivity index (χ0v) is 17.0. The van der Waals surface area contributed by atoms with Crippen LogP contribution in [0.3, 0.4) is 0 Å². The maximum absolute atomic E-state index is 13.7. The number of hydrogen-bond donors (Lipinski definition) is 1. The van der Waals surface area contributed by atoms with Gasteiger partial charge in [0.1, 0.15) is 17.3 Å². The Labute approximate surface area is 182 Å². The van der Waals surface area contributed by atoms with Crippen molar-refractivity contribution in [2.75, 3.05) is 12.0 Å². The first-order chi connectivity index (χ1) is 14.9. The normalized spacial score (nSPS) is 17.8. The largest absolute Gasteiger partial charge is 0.507 e. The van der Waals surface area contributed by atoms with Crippen LogP contribution in [0.25, 0.3) is 5.76 Å². The minimum absolute atomic E-state index is 0.108. The molecule has 1 N–H and O–H groups in total. The predicted molar refractivity (Wildman–Crippen MR) is 113 cm³/mol. The van der Waals surface area contributed by atoms with Gasteiger partial charge in [0, 0.05) is 23.6 Å². The number of carbonyl (C=O) groups is 2. The Kier molecular flexibility index (Phi) is 5.44. The van der Waals surface area contributed by atoms with Crippen LogP contribution in [0.4, 0.5) is 10.1 Å². The molecular formula is C23H16ClFN2O4. The molecule has 0 aliphatic carbocycles. The first kappa shape index (κ1) is 20.6. The fraction of sp³-hybridized carbons (Fsp3) is 0.0870. The van der Waals surface area contributed by atoms with E-state index in [1.165, 1.54) is 30.3 Å². The molecule has 1 atom stereocenters. The molecule has 1 aromatic heterocycles. The Morgan fingerprint density at radius 2 is 1.90 bits per heavy atom. The number of hydrogen-bond acceptors (Lipinski definition) is 5. The van der Waals surface area contributed by atoms with E-state index >= 15 is 0 Å². The average molecular weight is 439 g/mol. The topological polar surface area (TPSA) is 79.7 Å². The summed E-state index contributed by atoms with van der Waals surface area (Å²) < 4.78 is 18.8. The Morgan fingerprint density at radius 3 is 2.52 bits per heavy atom. The summed E-state index contributed by atoms with van der Waals surface area (Å²) in [5.74, 6) is -2.17. The third kappa shape index (κ3) is 3.64. The summed E-state index contributed by atoms with van der Waals surface area (Å²) in [6.45, 7) is 0. The SMILES string of the molecule is COc1ccc(/C(O)=C2\C(=O)C(=O)N(c3ccc(F)c(Cl)c3)C2c2cccnc2)cc1. The highest BCUT2D eigenvalue weighted by molar-refractivity contribution is 6.51. The average Bonchev–Trinajstić information content (AvgIpc) is 3.06. The highest BCUT2D eigenvalue weighted by atomic mass is 35.5. The van der Waals surface area contributed by atoms with Crippen molar-refractivity contribution in [2.45, 2.75) is 6.04 Å². The third-order valence-corrected chi connectivity index (χ3v) is 5.28. The van der Waals surface area contributed by atoms with E-state index < -0.39 is 23.5 Å². The maximum Gasteiger partial charge on any atom is 0.300 e. The van der Waals surface area contributed by atoms with E-state index in [9.17, 15) is 19.1 Å². The van der Waals surface area contributed by atoms with Crippen LogP contribution < -0.4 is 9.64 Å². The summed E-state index contributed by atoms with van der Waals surface area (Å²) in [6, 6.07) is 12.5. The van der Waals surface area contributed by atoms with Gasteiger partial charge in [-0.25, -0.2) is 4.39 Å². The molecule has 0 spiro atoms. The zero-order chi connectivity index (χ0) is 22.1. The lowest BCUT2D eigenvalue weighted by Gasteiger charge is -2.25. The minimum Gasteiger partial charge on any atom is -0.507 e. The highest BCUT2D eigenvalue weighted by Gasteiger charge is 2.47. The third-order valence-electron chi connectivity index (χ3n) is 4.99. The molecule has 6 nitrogen and oxygen atoms in total. The lowest BCUT2D eigenvalue weighted by atomic mass is 9.96. The number of rotatable bonds is 4. The van der Waals surface area contributed by atoms with Gasteiger partial charge in [-0.2, -0.15) is 0 Å². The first-order valence-corrected chi connectivity index (χ1v) is 9.60. The number of aliphatic hydroxyl groups is 1. The molecule has 156 valence electrons. The highest BCUT2D eigenvalue weighted by Crippen LogP contribution is 2.42. The molecule has 1 aliphatic rings. The van der Waals surface area contributed by atoms with E-state index in [2.05, 4.69) is 4.98 Å². The van der Waals surface area contributed by atoms with Gasteiger partial charge in [0.05, 0.1) is 23.7 Å². The second-order valence-electron chi connectivity index (χ2n) is 6.78. The molecule has 0 bridgehead atoms. The lowest BCUT2D eigenvalue weighted by molar-refractivity contribution is -0.132. The van der Waals surface area contributed by atoms with Crippen LogP contribution in [0.15, 0.2) is 72.6 Å². The molecule has 1 amide bonds.